The molecule has 118 valence electrons. The predicted molar refractivity (Wildman–Crippen MR) is 91.1 cm³/mol. The maximum Gasteiger partial charge on any atom is 0.0363 e. The second kappa shape index (κ2) is 7.52. The Morgan fingerprint density at radius 1 is 1.14 bits per heavy atom. The highest BCUT2D eigenvalue weighted by Gasteiger charge is 2.16. The van der Waals surface area contributed by atoms with E-state index >= 15 is 0 Å². The lowest BCUT2D eigenvalue weighted by molar-refractivity contribution is 0.290. The zero-order valence-corrected chi connectivity index (χ0v) is 14.3. The van der Waals surface area contributed by atoms with Crippen molar-refractivity contribution in [3.8, 4) is 0 Å². The fourth-order valence-corrected chi connectivity index (χ4v) is 3.73. The highest BCUT2D eigenvalue weighted by atomic mass is 32.2. The van der Waals surface area contributed by atoms with Gasteiger partial charge in [0.1, 0.15) is 0 Å². The van der Waals surface area contributed by atoms with Crippen LogP contribution < -0.4 is 5.32 Å². The van der Waals surface area contributed by atoms with Crippen LogP contribution in [0.2, 0.25) is 0 Å². The normalized spacial score (nSPS) is 18.0. The molecule has 0 unspecified atom stereocenters. The van der Waals surface area contributed by atoms with Gasteiger partial charge in [0.05, 0.1) is 0 Å². The molecule has 21 heavy (non-hydrogen) atoms. The summed E-state index contributed by atoms with van der Waals surface area (Å²) in [5.41, 5.74) is 3.02. The summed E-state index contributed by atoms with van der Waals surface area (Å²) in [6.45, 7) is 10.5. The summed E-state index contributed by atoms with van der Waals surface area (Å²) >= 11 is 0. The first kappa shape index (κ1) is 16.7. The van der Waals surface area contributed by atoms with E-state index in [1.807, 2.05) is 0 Å². The van der Waals surface area contributed by atoms with E-state index in [0.29, 0.717) is 0 Å². The van der Waals surface area contributed by atoms with Crippen molar-refractivity contribution in [1.29, 1.82) is 0 Å². The average molecular weight is 308 g/mol. The third kappa shape index (κ3) is 5.89. The Morgan fingerprint density at radius 2 is 1.76 bits per heavy atom. The number of nitrogens with zero attached hydrogens (tertiary/aromatic N) is 1. The van der Waals surface area contributed by atoms with Gasteiger partial charge < -0.3 is 5.32 Å². The summed E-state index contributed by atoms with van der Waals surface area (Å²) in [5.74, 6) is 1.65. The second-order valence-corrected chi connectivity index (χ2v) is 8.52. The van der Waals surface area contributed by atoms with Gasteiger partial charge >= 0.3 is 0 Å². The smallest absolute Gasteiger partial charge is 0.0363 e. The number of hydrogen-bond donors (Lipinski definition) is 1. The molecule has 1 aliphatic rings. The zero-order valence-electron chi connectivity index (χ0n) is 13.5. The first-order chi connectivity index (χ1) is 9.94. The standard InChI is InChI=1S/C17H28N2OS/c1-17(2,3)18-9-8-15-6-4-5-7-16(15)14-19-10-12-21(20)13-11-19/h4-7,18H,8-14H2,1-3H3. The molecule has 1 fully saturated rings. The van der Waals surface area contributed by atoms with Crippen molar-refractivity contribution < 1.29 is 4.21 Å². The SMILES string of the molecule is CC(C)(C)NCCc1ccccc1CN1CCS(=O)CC1. The maximum atomic E-state index is 11.4. The third-order valence-electron chi connectivity index (χ3n) is 3.83. The highest BCUT2D eigenvalue weighted by molar-refractivity contribution is 7.85. The summed E-state index contributed by atoms with van der Waals surface area (Å²) in [6, 6.07) is 8.72. The van der Waals surface area contributed by atoms with Gasteiger partial charge in [0.15, 0.2) is 0 Å². The van der Waals surface area contributed by atoms with E-state index in [1.54, 1.807) is 0 Å². The Bertz CT molecular complexity index is 472. The van der Waals surface area contributed by atoms with Crippen molar-refractivity contribution in [2.75, 3.05) is 31.1 Å². The molecule has 1 aliphatic heterocycles. The molecule has 2 rings (SSSR count). The van der Waals surface area contributed by atoms with Gasteiger partial charge in [-0.1, -0.05) is 24.3 Å². The molecule has 0 aliphatic carbocycles. The molecule has 1 saturated heterocycles. The van der Waals surface area contributed by atoms with E-state index in [0.717, 1.165) is 44.1 Å². The topological polar surface area (TPSA) is 32.3 Å². The van der Waals surface area contributed by atoms with Crippen LogP contribution in [0.4, 0.5) is 0 Å². The van der Waals surface area contributed by atoms with Gasteiger partial charge in [0, 0.05) is 47.5 Å². The summed E-state index contributed by atoms with van der Waals surface area (Å²) in [5, 5.41) is 3.55. The van der Waals surface area contributed by atoms with Crippen LogP contribution in [-0.4, -0.2) is 45.8 Å². The van der Waals surface area contributed by atoms with Crippen molar-refractivity contribution >= 4 is 10.8 Å². The quantitative estimate of drug-likeness (QED) is 0.905. The third-order valence-corrected chi connectivity index (χ3v) is 5.11. The largest absolute Gasteiger partial charge is 0.312 e. The minimum Gasteiger partial charge on any atom is -0.312 e. The van der Waals surface area contributed by atoms with Gasteiger partial charge in [0.2, 0.25) is 0 Å². The van der Waals surface area contributed by atoms with Gasteiger partial charge in [-0.25, -0.2) is 0 Å². The Kier molecular flexibility index (Phi) is 5.97. The van der Waals surface area contributed by atoms with Crippen LogP contribution in [0.3, 0.4) is 0 Å². The van der Waals surface area contributed by atoms with E-state index in [9.17, 15) is 4.21 Å². The van der Waals surface area contributed by atoms with Gasteiger partial charge in [-0.15, -0.1) is 0 Å². The van der Waals surface area contributed by atoms with Gasteiger partial charge in [-0.3, -0.25) is 9.11 Å². The zero-order chi connectivity index (χ0) is 15.3. The first-order valence-corrected chi connectivity index (χ1v) is 9.32. The minimum absolute atomic E-state index is 0.172. The maximum absolute atomic E-state index is 11.4. The van der Waals surface area contributed by atoms with Crippen molar-refractivity contribution in [2.24, 2.45) is 0 Å². The molecule has 0 aromatic heterocycles. The molecular formula is C17H28N2OS. The Balaban J connectivity index is 1.92. The molecule has 0 radical (unpaired) electrons. The van der Waals surface area contributed by atoms with Gasteiger partial charge in [0.25, 0.3) is 0 Å². The van der Waals surface area contributed by atoms with Crippen LogP contribution in [-0.2, 0) is 23.8 Å². The first-order valence-electron chi connectivity index (χ1n) is 7.83. The minimum atomic E-state index is -0.591. The van der Waals surface area contributed by atoms with Crippen molar-refractivity contribution in [3.05, 3.63) is 35.4 Å². The number of rotatable bonds is 5. The lowest BCUT2D eigenvalue weighted by Gasteiger charge is -2.27. The molecule has 0 amide bonds. The second-order valence-electron chi connectivity index (χ2n) is 6.82. The van der Waals surface area contributed by atoms with E-state index < -0.39 is 10.8 Å². The van der Waals surface area contributed by atoms with E-state index in [1.165, 1.54) is 11.1 Å². The fraction of sp³-hybridized carbons (Fsp3) is 0.647. The van der Waals surface area contributed by atoms with Crippen LogP contribution in [0.1, 0.15) is 31.9 Å². The fourth-order valence-electron chi connectivity index (χ4n) is 2.60. The molecule has 0 spiro atoms. The Hall–Kier alpha value is -0.710. The van der Waals surface area contributed by atoms with Crippen LogP contribution in [0.5, 0.6) is 0 Å². The number of benzene rings is 1. The van der Waals surface area contributed by atoms with Gasteiger partial charge in [-0.05, 0) is 44.9 Å². The molecule has 3 nitrogen and oxygen atoms in total. The molecule has 0 bridgehead atoms. The molecule has 0 saturated carbocycles. The predicted octanol–water partition coefficient (Wildman–Crippen LogP) is 2.18. The molecule has 0 atom stereocenters. The van der Waals surface area contributed by atoms with Crippen LogP contribution in [0.25, 0.3) is 0 Å². The van der Waals surface area contributed by atoms with Crippen molar-refractivity contribution in [1.82, 2.24) is 10.2 Å². The Morgan fingerprint density at radius 3 is 2.38 bits per heavy atom. The monoisotopic (exact) mass is 308 g/mol. The lowest BCUT2D eigenvalue weighted by atomic mass is 10.0. The Labute approximate surface area is 131 Å². The molecule has 1 aromatic rings. The van der Waals surface area contributed by atoms with Crippen molar-refractivity contribution in [3.63, 3.8) is 0 Å². The van der Waals surface area contributed by atoms with Crippen LogP contribution in [0.15, 0.2) is 24.3 Å². The summed E-state index contributed by atoms with van der Waals surface area (Å²) in [4.78, 5) is 2.43. The lowest BCUT2D eigenvalue weighted by Crippen LogP contribution is -2.38. The summed E-state index contributed by atoms with van der Waals surface area (Å²) in [6.07, 6.45) is 1.06. The molecule has 4 heteroatoms. The van der Waals surface area contributed by atoms with E-state index in [4.69, 9.17) is 0 Å². The highest BCUT2D eigenvalue weighted by Crippen LogP contribution is 2.14. The summed E-state index contributed by atoms with van der Waals surface area (Å²) in [7, 11) is -0.591. The van der Waals surface area contributed by atoms with E-state index in [-0.39, 0.29) is 5.54 Å². The van der Waals surface area contributed by atoms with E-state index in [2.05, 4.69) is 55.3 Å². The van der Waals surface area contributed by atoms with Crippen molar-refractivity contribution in [2.45, 2.75) is 39.3 Å². The van der Waals surface area contributed by atoms with Gasteiger partial charge in [-0.2, -0.15) is 0 Å². The summed E-state index contributed by atoms with van der Waals surface area (Å²) < 4.78 is 11.4. The molecular weight excluding hydrogens is 280 g/mol. The molecule has 1 heterocycles. The average Bonchev–Trinajstić information content (AvgIpc) is 2.42. The van der Waals surface area contributed by atoms with Crippen LogP contribution >= 0.6 is 0 Å². The number of hydrogen-bond acceptors (Lipinski definition) is 3. The molecule has 1 aromatic carbocycles. The van der Waals surface area contributed by atoms with Crippen LogP contribution in [0, 0.1) is 0 Å². The molecule has 1 N–H and O–H groups in total. The number of nitrogens with one attached hydrogen (secondary N) is 1.